The number of allylic oxidation sites excluding steroid dienone is 3. The van der Waals surface area contributed by atoms with E-state index in [0.717, 1.165) is 12.1 Å². The summed E-state index contributed by atoms with van der Waals surface area (Å²) < 4.78 is 0. The number of nitrogens with one attached hydrogen (secondary N) is 1. The first-order chi connectivity index (χ1) is 9.06. The highest BCUT2D eigenvalue weighted by Crippen LogP contribution is 2.28. The molecule has 0 aliphatic carbocycles. The van der Waals surface area contributed by atoms with E-state index in [1.165, 1.54) is 12.3 Å². The summed E-state index contributed by atoms with van der Waals surface area (Å²) in [6.07, 6.45) is 6.10. The standard InChI is InChI=1S/C11H10N4O4/c1-2-3-4-7-12-13-10-6-5-9(14(16)17)8-11(10)15(18)19/h2-8,13H,1H2/b4-3-,12-7-. The third-order valence-electron chi connectivity index (χ3n) is 1.98. The summed E-state index contributed by atoms with van der Waals surface area (Å²) in [5, 5.41) is 25.0. The number of nitro groups is 2. The van der Waals surface area contributed by atoms with E-state index in [0.29, 0.717) is 0 Å². The normalized spacial score (nSPS) is 10.7. The summed E-state index contributed by atoms with van der Waals surface area (Å²) in [5.74, 6) is 0. The molecule has 1 N–H and O–H groups in total. The SMILES string of the molecule is C=C/C=C\C=N/Nc1ccc([N+](=O)[O-])cc1[N+](=O)[O-]. The summed E-state index contributed by atoms with van der Waals surface area (Å²) in [5.41, 5.74) is 1.74. The lowest BCUT2D eigenvalue weighted by atomic mass is 10.2. The lowest BCUT2D eigenvalue weighted by Gasteiger charge is -2.01. The van der Waals surface area contributed by atoms with E-state index in [1.54, 1.807) is 18.2 Å². The number of hydrogen-bond donors (Lipinski definition) is 1. The summed E-state index contributed by atoms with van der Waals surface area (Å²) in [4.78, 5) is 19.9. The Kier molecular flexibility index (Phi) is 4.91. The van der Waals surface area contributed by atoms with Crippen LogP contribution in [-0.4, -0.2) is 16.1 Å². The molecule has 1 aromatic rings. The first-order valence-corrected chi connectivity index (χ1v) is 5.06. The van der Waals surface area contributed by atoms with Crippen LogP contribution in [0.5, 0.6) is 0 Å². The lowest BCUT2D eigenvalue weighted by molar-refractivity contribution is -0.393. The van der Waals surface area contributed by atoms with Crippen LogP contribution in [0, 0.1) is 20.2 Å². The highest BCUT2D eigenvalue weighted by atomic mass is 16.6. The van der Waals surface area contributed by atoms with Crippen molar-refractivity contribution in [3.63, 3.8) is 0 Å². The van der Waals surface area contributed by atoms with Crippen LogP contribution in [0.3, 0.4) is 0 Å². The van der Waals surface area contributed by atoms with Gasteiger partial charge in [0.1, 0.15) is 5.69 Å². The van der Waals surface area contributed by atoms with Gasteiger partial charge in [0.25, 0.3) is 5.69 Å². The number of anilines is 1. The maximum Gasteiger partial charge on any atom is 0.301 e. The van der Waals surface area contributed by atoms with E-state index in [1.807, 2.05) is 0 Å². The van der Waals surface area contributed by atoms with E-state index in [4.69, 9.17) is 0 Å². The van der Waals surface area contributed by atoms with Crippen LogP contribution < -0.4 is 5.43 Å². The molecule has 0 aromatic heterocycles. The van der Waals surface area contributed by atoms with Crippen molar-refractivity contribution in [2.45, 2.75) is 0 Å². The molecule has 0 spiro atoms. The summed E-state index contributed by atoms with van der Waals surface area (Å²) >= 11 is 0. The van der Waals surface area contributed by atoms with E-state index < -0.39 is 15.5 Å². The second-order valence-corrected chi connectivity index (χ2v) is 3.23. The van der Waals surface area contributed by atoms with Crippen molar-refractivity contribution in [3.8, 4) is 0 Å². The van der Waals surface area contributed by atoms with Crippen molar-refractivity contribution in [2.75, 3.05) is 5.43 Å². The first-order valence-electron chi connectivity index (χ1n) is 5.06. The van der Waals surface area contributed by atoms with Crippen LogP contribution in [0.4, 0.5) is 17.1 Å². The maximum absolute atomic E-state index is 10.8. The second kappa shape index (κ2) is 6.64. The maximum atomic E-state index is 10.8. The number of non-ortho nitro benzene ring substituents is 1. The second-order valence-electron chi connectivity index (χ2n) is 3.23. The van der Waals surface area contributed by atoms with E-state index in [9.17, 15) is 20.2 Å². The van der Waals surface area contributed by atoms with Gasteiger partial charge in [-0.25, -0.2) is 0 Å². The third-order valence-corrected chi connectivity index (χ3v) is 1.98. The van der Waals surface area contributed by atoms with Gasteiger partial charge >= 0.3 is 5.69 Å². The molecule has 0 aliphatic heterocycles. The highest BCUT2D eigenvalue weighted by Gasteiger charge is 2.18. The van der Waals surface area contributed by atoms with Gasteiger partial charge < -0.3 is 0 Å². The molecule has 0 fully saturated rings. The van der Waals surface area contributed by atoms with Crippen molar-refractivity contribution >= 4 is 23.3 Å². The Hall–Kier alpha value is -3.03. The molecule has 0 heterocycles. The summed E-state index contributed by atoms with van der Waals surface area (Å²) in [7, 11) is 0. The Morgan fingerprint density at radius 2 is 1.95 bits per heavy atom. The van der Waals surface area contributed by atoms with Crippen LogP contribution in [0.25, 0.3) is 0 Å². The molecule has 1 aromatic carbocycles. The number of hydrazone groups is 1. The summed E-state index contributed by atoms with van der Waals surface area (Å²) in [6.45, 7) is 3.46. The number of nitrogens with zero attached hydrogens (tertiary/aromatic N) is 3. The minimum atomic E-state index is -0.718. The number of hydrogen-bond acceptors (Lipinski definition) is 6. The molecule has 0 saturated carbocycles. The van der Waals surface area contributed by atoms with Gasteiger partial charge in [0.05, 0.1) is 15.9 Å². The molecule has 19 heavy (non-hydrogen) atoms. The molecule has 0 bridgehead atoms. The van der Waals surface area contributed by atoms with Crippen molar-refractivity contribution in [1.82, 2.24) is 0 Å². The largest absolute Gasteiger partial charge is 0.301 e. The highest BCUT2D eigenvalue weighted by molar-refractivity contribution is 5.73. The van der Waals surface area contributed by atoms with Crippen LogP contribution >= 0.6 is 0 Å². The molecule has 8 heteroatoms. The van der Waals surface area contributed by atoms with Gasteiger partial charge in [-0.05, 0) is 12.1 Å². The van der Waals surface area contributed by atoms with Gasteiger partial charge in [-0.15, -0.1) is 0 Å². The molecule has 0 atom stereocenters. The molecule has 0 amide bonds. The van der Waals surface area contributed by atoms with Gasteiger partial charge in [0.15, 0.2) is 0 Å². The van der Waals surface area contributed by atoms with Crippen LogP contribution in [-0.2, 0) is 0 Å². The predicted molar refractivity (Wildman–Crippen MR) is 71.2 cm³/mol. The van der Waals surface area contributed by atoms with Gasteiger partial charge in [-0.1, -0.05) is 18.7 Å². The Bertz CT molecular complexity index is 566. The zero-order valence-electron chi connectivity index (χ0n) is 9.72. The van der Waals surface area contributed by atoms with E-state index in [2.05, 4.69) is 17.1 Å². The smallest absolute Gasteiger partial charge is 0.272 e. The molecule has 0 radical (unpaired) electrons. The van der Waals surface area contributed by atoms with Crippen molar-refractivity contribution in [3.05, 3.63) is 63.2 Å². The monoisotopic (exact) mass is 262 g/mol. The Balaban J connectivity index is 2.97. The molecule has 0 saturated heterocycles. The van der Waals surface area contributed by atoms with Gasteiger partial charge in [-0.2, -0.15) is 5.10 Å². The molecular weight excluding hydrogens is 252 g/mol. The lowest BCUT2D eigenvalue weighted by Crippen LogP contribution is -1.98. The minimum Gasteiger partial charge on any atom is -0.272 e. The van der Waals surface area contributed by atoms with E-state index in [-0.39, 0.29) is 11.4 Å². The number of benzene rings is 1. The van der Waals surface area contributed by atoms with Crippen LogP contribution in [0.1, 0.15) is 0 Å². The average Bonchev–Trinajstić information content (AvgIpc) is 2.38. The van der Waals surface area contributed by atoms with Gasteiger partial charge in [-0.3, -0.25) is 25.7 Å². The molecule has 98 valence electrons. The van der Waals surface area contributed by atoms with Crippen molar-refractivity contribution < 1.29 is 9.85 Å². The van der Waals surface area contributed by atoms with Crippen molar-refractivity contribution in [1.29, 1.82) is 0 Å². The Morgan fingerprint density at radius 3 is 2.53 bits per heavy atom. The number of nitro benzene ring substituents is 2. The molecule has 8 nitrogen and oxygen atoms in total. The summed E-state index contributed by atoms with van der Waals surface area (Å²) in [6, 6.07) is 3.26. The topological polar surface area (TPSA) is 111 Å². The molecule has 0 aliphatic rings. The van der Waals surface area contributed by atoms with Crippen LogP contribution in [0.15, 0.2) is 48.1 Å². The fourth-order valence-electron chi connectivity index (χ4n) is 1.16. The third kappa shape index (κ3) is 4.04. The van der Waals surface area contributed by atoms with Gasteiger partial charge in [0, 0.05) is 12.3 Å². The van der Waals surface area contributed by atoms with Gasteiger partial charge in [0.2, 0.25) is 0 Å². The molecule has 0 unspecified atom stereocenters. The zero-order chi connectivity index (χ0) is 14.3. The predicted octanol–water partition coefficient (Wildman–Crippen LogP) is 2.64. The average molecular weight is 262 g/mol. The first kappa shape index (κ1) is 14.0. The molecular formula is C11H10N4O4. The van der Waals surface area contributed by atoms with Crippen LogP contribution in [0.2, 0.25) is 0 Å². The fraction of sp³-hybridized carbons (Fsp3) is 0. The Labute approximate surface area is 108 Å². The fourth-order valence-corrected chi connectivity index (χ4v) is 1.16. The molecule has 1 rings (SSSR count). The zero-order valence-corrected chi connectivity index (χ0v) is 9.72. The van der Waals surface area contributed by atoms with E-state index >= 15 is 0 Å². The van der Waals surface area contributed by atoms with Crippen molar-refractivity contribution in [2.24, 2.45) is 5.10 Å². The Morgan fingerprint density at radius 1 is 1.21 bits per heavy atom. The minimum absolute atomic E-state index is 0.0684. The quantitative estimate of drug-likeness (QED) is 0.366. The number of rotatable bonds is 6.